The van der Waals surface area contributed by atoms with Gasteiger partial charge in [-0.05, 0) is 12.0 Å². The smallest absolute Gasteiger partial charge is 0.0503 e. The third kappa shape index (κ3) is 20.7. The van der Waals surface area contributed by atoms with E-state index in [1.54, 1.807) is 7.11 Å². The number of hydrogen-bond acceptors (Lipinski definition) is 2. The van der Waals surface area contributed by atoms with E-state index < -0.39 is 0 Å². The molecule has 1 nitrogen and oxygen atoms in total. The maximum atomic E-state index is 4.46. The van der Waals surface area contributed by atoms with Gasteiger partial charge in [-0.1, -0.05) is 0 Å². The zero-order valence-corrected chi connectivity index (χ0v) is 5.90. The molecule has 0 aliphatic heterocycles. The molecule has 40 valence electrons. The highest BCUT2D eigenvalue weighted by Crippen LogP contribution is 1.84. The molecule has 0 N–H and O–H groups in total. The molecule has 0 aromatic carbocycles. The molecule has 0 spiro atoms. The summed E-state index contributed by atoms with van der Waals surface area (Å²) >= 11 is 1.36. The first-order valence-electron chi connectivity index (χ1n) is 1.13. The third-order valence-electron chi connectivity index (χ3n) is 0.167. The van der Waals surface area contributed by atoms with Gasteiger partial charge in [-0.3, -0.25) is 0 Å². The van der Waals surface area contributed by atoms with Gasteiger partial charge >= 0.3 is 0 Å². The largest absolute Gasteiger partial charge is 0.319 e. The van der Waals surface area contributed by atoms with Crippen molar-refractivity contribution in [2.75, 3.05) is 13.4 Å². The molecule has 0 rings (SSSR count). The predicted molar refractivity (Wildman–Crippen MR) is 32.2 cm³/mol. The molecule has 0 aromatic rings. The van der Waals surface area contributed by atoms with E-state index in [4.69, 9.17) is 0 Å². The second kappa shape index (κ2) is 16.9. The first-order chi connectivity index (χ1) is 2.91. The molecule has 0 unspecified atom stereocenters. The summed E-state index contributed by atoms with van der Waals surface area (Å²) in [6, 6.07) is 0. The van der Waals surface area contributed by atoms with Crippen molar-refractivity contribution in [3.05, 3.63) is 0 Å². The fourth-order valence-corrected chi connectivity index (χ4v) is 0. The van der Waals surface area contributed by atoms with Crippen LogP contribution in [0.1, 0.15) is 0 Å². The molecule has 0 aliphatic carbocycles. The predicted octanol–water partition coefficient (Wildman–Crippen LogP) is 2.29. The molecular formula is C2H6Cl2OS. The minimum atomic E-state index is 1.36. The Kier molecular flexibility index (Phi) is 28.1. The van der Waals surface area contributed by atoms with E-state index in [1.165, 1.54) is 12.0 Å². The summed E-state index contributed by atoms with van der Waals surface area (Å²) in [5.74, 6) is 0. The molecule has 0 aromatic heterocycles. The van der Waals surface area contributed by atoms with Crippen LogP contribution in [0.4, 0.5) is 0 Å². The molecule has 0 heterocycles. The third-order valence-corrected chi connectivity index (χ3v) is 0.500. The van der Waals surface area contributed by atoms with E-state index in [2.05, 4.69) is 25.9 Å². The second-order valence-electron chi connectivity index (χ2n) is 0.333. The molecule has 0 fully saturated rings. The number of rotatable bonds is 1. The van der Waals surface area contributed by atoms with Crippen molar-refractivity contribution in [3.63, 3.8) is 0 Å². The summed E-state index contributed by atoms with van der Waals surface area (Å²) in [6.45, 7) is 0. The molecule has 0 aliphatic rings. The summed E-state index contributed by atoms with van der Waals surface area (Å²) in [5, 5.41) is 0. The van der Waals surface area contributed by atoms with E-state index in [9.17, 15) is 0 Å². The first kappa shape index (κ1) is 10.00. The van der Waals surface area contributed by atoms with Gasteiger partial charge in [0.25, 0.3) is 0 Å². The second-order valence-corrected chi connectivity index (χ2v) is 1.00. The van der Waals surface area contributed by atoms with Crippen molar-refractivity contribution in [2.45, 2.75) is 0 Å². The van der Waals surface area contributed by atoms with Gasteiger partial charge in [-0.15, -0.1) is 0 Å². The summed E-state index contributed by atoms with van der Waals surface area (Å²) in [6.07, 6.45) is 1.88. The SMILES string of the molecule is COSC.ClCl. The Hall–Kier alpha value is 0.890. The van der Waals surface area contributed by atoms with Crippen LogP contribution in [0.5, 0.6) is 0 Å². The Morgan fingerprint density at radius 2 is 1.67 bits per heavy atom. The summed E-state index contributed by atoms with van der Waals surface area (Å²) < 4.78 is 4.46. The molecule has 0 atom stereocenters. The van der Waals surface area contributed by atoms with Crippen LogP contribution in [-0.4, -0.2) is 13.4 Å². The van der Waals surface area contributed by atoms with E-state index in [-0.39, 0.29) is 0 Å². The van der Waals surface area contributed by atoms with Gasteiger partial charge in [0.15, 0.2) is 0 Å². The van der Waals surface area contributed by atoms with Gasteiger partial charge in [0.1, 0.15) is 0 Å². The molecule has 0 radical (unpaired) electrons. The molecule has 0 saturated heterocycles. The van der Waals surface area contributed by atoms with Crippen LogP contribution >= 0.6 is 33.8 Å². The van der Waals surface area contributed by atoms with Gasteiger partial charge in [-0.25, -0.2) is 0 Å². The van der Waals surface area contributed by atoms with Crippen molar-refractivity contribution < 1.29 is 4.18 Å². The zero-order valence-electron chi connectivity index (χ0n) is 3.57. The Morgan fingerprint density at radius 3 is 1.67 bits per heavy atom. The van der Waals surface area contributed by atoms with Crippen LogP contribution in [-0.2, 0) is 4.18 Å². The first-order valence-corrected chi connectivity index (χ1v) is 3.42. The quantitative estimate of drug-likeness (QED) is 0.529. The lowest BCUT2D eigenvalue weighted by Crippen LogP contribution is -1.53. The minimum Gasteiger partial charge on any atom is -0.319 e. The van der Waals surface area contributed by atoms with Crippen molar-refractivity contribution >= 4 is 33.8 Å². The minimum absolute atomic E-state index is 1.36. The molecular weight excluding hydrogens is 143 g/mol. The molecule has 6 heavy (non-hydrogen) atoms. The summed E-state index contributed by atoms with van der Waals surface area (Å²) in [4.78, 5) is 0. The number of hydrogen-bond donors (Lipinski definition) is 0. The fraction of sp³-hybridized carbons (Fsp3) is 1.00. The van der Waals surface area contributed by atoms with E-state index in [0.29, 0.717) is 0 Å². The maximum absolute atomic E-state index is 4.46. The van der Waals surface area contributed by atoms with Crippen LogP contribution in [0.2, 0.25) is 0 Å². The lowest BCUT2D eigenvalue weighted by Gasteiger charge is -1.74. The Balaban J connectivity index is 0. The molecule has 0 saturated carbocycles. The Labute approximate surface area is 51.8 Å². The molecule has 4 heteroatoms. The summed E-state index contributed by atoms with van der Waals surface area (Å²) in [5.41, 5.74) is 0. The Morgan fingerprint density at radius 1 is 1.50 bits per heavy atom. The topological polar surface area (TPSA) is 9.23 Å². The Bertz CT molecular complexity index is 13.5. The lowest BCUT2D eigenvalue weighted by atomic mass is 11.8. The highest BCUT2D eigenvalue weighted by Gasteiger charge is 1.52. The summed E-state index contributed by atoms with van der Waals surface area (Å²) in [7, 11) is 9.87. The van der Waals surface area contributed by atoms with Gasteiger partial charge in [0.05, 0.1) is 7.11 Å². The van der Waals surface area contributed by atoms with E-state index in [0.717, 1.165) is 0 Å². The standard InChI is InChI=1S/C2H6OS.Cl2/c1-3-4-2;1-2/h1-2H3;. The number of halogens is 2. The van der Waals surface area contributed by atoms with Crippen molar-refractivity contribution in [1.82, 2.24) is 0 Å². The van der Waals surface area contributed by atoms with Crippen LogP contribution < -0.4 is 0 Å². The average molecular weight is 149 g/mol. The lowest BCUT2D eigenvalue weighted by molar-refractivity contribution is 0.493. The highest BCUT2D eigenvalue weighted by atomic mass is 36.5. The van der Waals surface area contributed by atoms with Crippen LogP contribution in [0.25, 0.3) is 0 Å². The maximum Gasteiger partial charge on any atom is 0.0503 e. The molecule has 0 amide bonds. The monoisotopic (exact) mass is 148 g/mol. The van der Waals surface area contributed by atoms with Gasteiger partial charge < -0.3 is 4.18 Å². The van der Waals surface area contributed by atoms with Crippen molar-refractivity contribution in [1.29, 1.82) is 0 Å². The van der Waals surface area contributed by atoms with Crippen LogP contribution in [0.3, 0.4) is 0 Å². The van der Waals surface area contributed by atoms with Gasteiger partial charge in [0.2, 0.25) is 0 Å². The van der Waals surface area contributed by atoms with Crippen molar-refractivity contribution in [2.24, 2.45) is 0 Å². The molecule has 0 bridgehead atoms. The van der Waals surface area contributed by atoms with Gasteiger partial charge in [0, 0.05) is 28.0 Å². The fourth-order valence-electron chi connectivity index (χ4n) is 0. The van der Waals surface area contributed by atoms with Gasteiger partial charge in [-0.2, -0.15) is 0 Å². The van der Waals surface area contributed by atoms with Crippen molar-refractivity contribution in [3.8, 4) is 0 Å². The van der Waals surface area contributed by atoms with E-state index >= 15 is 0 Å². The highest BCUT2D eigenvalue weighted by molar-refractivity contribution is 7.93. The van der Waals surface area contributed by atoms with Crippen LogP contribution in [0.15, 0.2) is 0 Å². The van der Waals surface area contributed by atoms with E-state index in [1.807, 2.05) is 6.26 Å². The zero-order chi connectivity index (χ0) is 5.41. The average Bonchev–Trinajstić information content (AvgIpc) is 1.72. The van der Waals surface area contributed by atoms with Crippen LogP contribution in [0, 0.1) is 0 Å². The normalized spacial score (nSPS) is 6.00.